The first-order chi connectivity index (χ1) is 29.6. The van der Waals surface area contributed by atoms with Crippen LogP contribution in [0.2, 0.25) is 0 Å². The molecule has 4 N–H and O–H groups in total. The third kappa shape index (κ3) is 9.38. The standard InChI is InChI=1S/C47H68O15/c1-24-16-27(48)34(22-43(50)51)58-37-20-36-31(57-35(37)17-24)11-7-10-30-29(56-36)8-5-6-9-33-32(55-30)12-13-42-46(3,61-33)15-14-41-47(4,62-42)23-40-38(59-41)21-39-44(60-40)28(49)19-26(54-39)18-25(2)45(52)53/h5-7,11,24,26-42,44,48-49H,2,8-10,12-23H2,1,3-4H3,(H,50,51)(H,52,53)/b6-5-,11-7-/t24-,26-,27+,28+,29+,30-,31+,32+,33-,34-,35-,36-,37+,38+,39-,40-,41-,42-,44+,46+,47+/m1/s1. The number of fused-ring (bicyclic) bond motifs is 8. The summed E-state index contributed by atoms with van der Waals surface area (Å²) in [5.74, 6) is -1.93. The molecule has 15 heteroatoms. The third-order valence-electron chi connectivity index (χ3n) is 15.5. The topological polar surface area (TPSA) is 198 Å². The van der Waals surface area contributed by atoms with E-state index < -0.39 is 65.9 Å². The number of rotatable bonds is 5. The zero-order chi connectivity index (χ0) is 43.5. The van der Waals surface area contributed by atoms with E-state index in [0.717, 1.165) is 25.7 Å². The van der Waals surface area contributed by atoms with E-state index in [-0.39, 0.29) is 97.9 Å². The smallest absolute Gasteiger partial charge is 0.331 e. The highest BCUT2D eigenvalue weighted by atomic mass is 16.6. The lowest BCUT2D eigenvalue weighted by Crippen LogP contribution is -2.64. The van der Waals surface area contributed by atoms with Crippen LogP contribution in [0.15, 0.2) is 36.5 Å². The molecule has 7 saturated heterocycles. The monoisotopic (exact) mass is 872 g/mol. The Labute approximate surface area is 364 Å². The van der Waals surface area contributed by atoms with E-state index in [1.165, 1.54) is 0 Å². The average Bonchev–Trinajstić information content (AvgIpc) is 3.34. The quantitative estimate of drug-likeness (QED) is 0.219. The Kier molecular flexibility index (Phi) is 13.2. The van der Waals surface area contributed by atoms with E-state index in [9.17, 15) is 30.0 Å². The number of carbonyl (C=O) groups is 2. The van der Waals surface area contributed by atoms with Gasteiger partial charge in [-0.15, -0.1) is 0 Å². The normalized spacial score (nSPS) is 51.5. The van der Waals surface area contributed by atoms with Gasteiger partial charge in [0.1, 0.15) is 12.2 Å². The van der Waals surface area contributed by atoms with Gasteiger partial charge in [-0.2, -0.15) is 0 Å². The number of carboxylic acids is 2. The second-order valence-corrected chi connectivity index (χ2v) is 20.3. The van der Waals surface area contributed by atoms with Gasteiger partial charge in [0, 0.05) is 37.7 Å². The summed E-state index contributed by atoms with van der Waals surface area (Å²) in [7, 11) is 0. The molecule has 0 aliphatic carbocycles. The molecule has 0 spiro atoms. The molecule has 0 unspecified atom stereocenters. The van der Waals surface area contributed by atoms with Gasteiger partial charge in [0.2, 0.25) is 0 Å². The number of aliphatic hydroxyl groups excluding tert-OH is 2. The van der Waals surface area contributed by atoms with E-state index in [0.29, 0.717) is 51.4 Å². The van der Waals surface area contributed by atoms with Gasteiger partial charge in [-0.3, -0.25) is 4.79 Å². The van der Waals surface area contributed by atoms with Crippen LogP contribution in [0.4, 0.5) is 0 Å². The Morgan fingerprint density at radius 2 is 1.34 bits per heavy atom. The van der Waals surface area contributed by atoms with Gasteiger partial charge >= 0.3 is 11.9 Å². The molecule has 0 saturated carbocycles. The summed E-state index contributed by atoms with van der Waals surface area (Å²) in [5, 5.41) is 41.0. The largest absolute Gasteiger partial charge is 0.481 e. The molecule has 0 aromatic carbocycles. The Hall–Kier alpha value is -2.28. The van der Waals surface area contributed by atoms with Gasteiger partial charge in [-0.05, 0) is 77.6 Å². The minimum Gasteiger partial charge on any atom is -0.481 e. The van der Waals surface area contributed by atoms with Gasteiger partial charge in [-0.1, -0.05) is 37.8 Å². The van der Waals surface area contributed by atoms with Crippen LogP contribution in [-0.2, 0) is 52.2 Å². The third-order valence-corrected chi connectivity index (χ3v) is 15.5. The predicted octanol–water partition coefficient (Wildman–Crippen LogP) is 4.72. The maximum Gasteiger partial charge on any atom is 0.331 e. The van der Waals surface area contributed by atoms with E-state index >= 15 is 0 Å². The highest BCUT2D eigenvalue weighted by Crippen LogP contribution is 2.50. The summed E-state index contributed by atoms with van der Waals surface area (Å²) >= 11 is 0. The molecule has 346 valence electrons. The van der Waals surface area contributed by atoms with Crippen LogP contribution in [0.5, 0.6) is 0 Å². The molecule has 9 aliphatic rings. The van der Waals surface area contributed by atoms with Crippen molar-refractivity contribution < 1.29 is 72.6 Å². The molecule has 9 aliphatic heterocycles. The first kappa shape index (κ1) is 44.9. The van der Waals surface area contributed by atoms with Crippen LogP contribution >= 0.6 is 0 Å². The van der Waals surface area contributed by atoms with E-state index in [1.807, 2.05) is 0 Å². The summed E-state index contributed by atoms with van der Waals surface area (Å²) in [6.45, 7) is 10.0. The number of hydrogen-bond acceptors (Lipinski definition) is 13. The van der Waals surface area contributed by atoms with Crippen LogP contribution < -0.4 is 0 Å². The van der Waals surface area contributed by atoms with Crippen molar-refractivity contribution in [1.82, 2.24) is 0 Å². The number of carboxylic acid groups (broad SMARTS) is 2. The lowest BCUT2D eigenvalue weighted by molar-refractivity contribution is -0.311. The Morgan fingerprint density at radius 1 is 0.629 bits per heavy atom. The fourth-order valence-electron chi connectivity index (χ4n) is 12.2. The fraction of sp³-hybridized carbons (Fsp3) is 0.830. The highest BCUT2D eigenvalue weighted by Gasteiger charge is 2.58. The lowest BCUT2D eigenvalue weighted by atomic mass is 9.80. The minimum absolute atomic E-state index is 0.0586. The van der Waals surface area contributed by atoms with Gasteiger partial charge in [0.05, 0.1) is 115 Å². The van der Waals surface area contributed by atoms with Gasteiger partial charge in [-0.25, -0.2) is 4.79 Å². The van der Waals surface area contributed by atoms with Crippen molar-refractivity contribution in [3.8, 4) is 0 Å². The molecule has 0 bridgehead atoms. The molecular formula is C47H68O15. The Morgan fingerprint density at radius 3 is 2.11 bits per heavy atom. The van der Waals surface area contributed by atoms with Crippen LogP contribution in [0.1, 0.15) is 117 Å². The second kappa shape index (κ2) is 18.2. The zero-order valence-corrected chi connectivity index (χ0v) is 36.4. The molecule has 9 heterocycles. The first-order valence-corrected chi connectivity index (χ1v) is 23.4. The summed E-state index contributed by atoms with van der Waals surface area (Å²) in [5.41, 5.74) is -1.20. The van der Waals surface area contributed by atoms with Crippen molar-refractivity contribution in [3.63, 3.8) is 0 Å². The maximum absolute atomic E-state index is 11.7. The summed E-state index contributed by atoms with van der Waals surface area (Å²) in [6.07, 6.45) is 9.47. The van der Waals surface area contributed by atoms with Crippen molar-refractivity contribution in [2.45, 2.75) is 238 Å². The van der Waals surface area contributed by atoms with E-state index in [4.69, 9.17) is 42.6 Å². The van der Waals surface area contributed by atoms with Crippen molar-refractivity contribution in [1.29, 1.82) is 0 Å². The SMILES string of the molecule is C=C(C[C@@H]1C[C@H](O)[C@@H]2O[C@@H]3C[C@]4(C)O[C@@H]5CC[C@@H]6O[C@@H]7C/C=C\[C@@H]8O[C@@H]9C[C@H](C)C[C@H](O)[C@@H](CC(=O)O)O[C@H]9C[C@H]8O[C@H]7C/C=C\C[C@H]6O[C@@]5(C)CC[C@H]4O[C@H]3C[C@H]2O1)C(=O)O. The van der Waals surface area contributed by atoms with Crippen molar-refractivity contribution >= 4 is 11.9 Å². The molecular weight excluding hydrogens is 805 g/mol. The van der Waals surface area contributed by atoms with Crippen LogP contribution in [0.3, 0.4) is 0 Å². The van der Waals surface area contributed by atoms with Gasteiger partial charge < -0.3 is 63.1 Å². The van der Waals surface area contributed by atoms with Crippen molar-refractivity contribution in [2.75, 3.05) is 0 Å². The van der Waals surface area contributed by atoms with Gasteiger partial charge in [0.25, 0.3) is 0 Å². The number of aliphatic hydroxyl groups is 2. The van der Waals surface area contributed by atoms with E-state index in [2.05, 4.69) is 51.7 Å². The lowest BCUT2D eigenvalue weighted by Gasteiger charge is -2.54. The second-order valence-electron chi connectivity index (χ2n) is 20.3. The number of hydrogen-bond donors (Lipinski definition) is 4. The van der Waals surface area contributed by atoms with E-state index in [1.54, 1.807) is 0 Å². The molecule has 0 aromatic rings. The van der Waals surface area contributed by atoms with Crippen LogP contribution in [0, 0.1) is 5.92 Å². The van der Waals surface area contributed by atoms with Gasteiger partial charge in [0.15, 0.2) is 0 Å². The Balaban J connectivity index is 0.864. The fourth-order valence-corrected chi connectivity index (χ4v) is 12.2. The average molecular weight is 873 g/mol. The molecule has 7 fully saturated rings. The minimum atomic E-state index is -1.06. The molecule has 0 amide bonds. The zero-order valence-electron chi connectivity index (χ0n) is 36.4. The molecule has 62 heavy (non-hydrogen) atoms. The number of ether oxygens (including phenoxy) is 9. The van der Waals surface area contributed by atoms with Crippen molar-refractivity contribution in [2.24, 2.45) is 5.92 Å². The Bertz CT molecular complexity index is 1700. The molecule has 0 radical (unpaired) electrons. The maximum atomic E-state index is 11.7. The van der Waals surface area contributed by atoms with Crippen LogP contribution in [0.25, 0.3) is 0 Å². The molecule has 21 atom stereocenters. The summed E-state index contributed by atoms with van der Waals surface area (Å²) in [4.78, 5) is 23.2. The summed E-state index contributed by atoms with van der Waals surface area (Å²) in [6, 6.07) is 0. The highest BCUT2D eigenvalue weighted by molar-refractivity contribution is 5.85. The molecule has 9 rings (SSSR count). The first-order valence-electron chi connectivity index (χ1n) is 23.4. The van der Waals surface area contributed by atoms with Crippen molar-refractivity contribution in [3.05, 3.63) is 36.5 Å². The van der Waals surface area contributed by atoms with Crippen LogP contribution in [-0.4, -0.2) is 153 Å². The summed E-state index contributed by atoms with van der Waals surface area (Å²) < 4.78 is 61.3. The predicted molar refractivity (Wildman–Crippen MR) is 220 cm³/mol. The number of aliphatic carboxylic acids is 2. The molecule has 0 aromatic heterocycles. The molecule has 15 nitrogen and oxygen atoms in total.